The zero-order chi connectivity index (χ0) is 16.7. The van der Waals surface area contributed by atoms with Crippen molar-refractivity contribution in [2.45, 2.75) is 18.9 Å². The van der Waals surface area contributed by atoms with E-state index in [2.05, 4.69) is 5.32 Å². The number of imide groups is 1. The van der Waals surface area contributed by atoms with Gasteiger partial charge in [-0.3, -0.25) is 14.4 Å². The van der Waals surface area contributed by atoms with Gasteiger partial charge in [0.2, 0.25) is 0 Å². The second-order valence-corrected chi connectivity index (χ2v) is 6.80. The average molecular weight is 357 g/mol. The highest BCUT2D eigenvalue weighted by Gasteiger charge is 2.38. The number of carbonyl (C=O) groups excluding carboxylic acids is 3. The van der Waals surface area contributed by atoms with Crippen LogP contribution in [0.15, 0.2) is 12.1 Å². The lowest BCUT2D eigenvalue weighted by molar-refractivity contribution is -0.878. The molecule has 3 amide bonds. The molecule has 6 nitrogen and oxygen atoms in total. The van der Waals surface area contributed by atoms with Gasteiger partial charge in [-0.15, -0.1) is 0 Å². The number of amides is 3. The average Bonchev–Trinajstić information content (AvgIpc) is 3.25. The van der Waals surface area contributed by atoms with E-state index in [9.17, 15) is 14.4 Å². The Morgan fingerprint density at radius 2 is 1.74 bits per heavy atom. The van der Waals surface area contributed by atoms with Gasteiger partial charge < -0.3 is 10.2 Å². The SMILES string of the molecule is C[NH+](CC(=O)NC1CC1)CN1C(=O)c2cc(Cl)c(Cl)cc2C1=O. The first kappa shape index (κ1) is 16.2. The zero-order valence-electron chi connectivity index (χ0n) is 12.5. The molecular formula is C15H16Cl2N3O3+. The van der Waals surface area contributed by atoms with Gasteiger partial charge in [-0.2, -0.15) is 0 Å². The quantitative estimate of drug-likeness (QED) is 0.747. The van der Waals surface area contributed by atoms with Gasteiger partial charge in [0.05, 0.1) is 28.2 Å². The van der Waals surface area contributed by atoms with Crippen LogP contribution in [0, 0.1) is 0 Å². The Morgan fingerprint density at radius 3 is 2.22 bits per heavy atom. The standard InChI is InChI=1S/C15H15Cl2N3O3/c1-19(6-13(21)18-8-2-3-8)7-20-14(22)9-4-11(16)12(17)5-10(9)15(20)23/h4-5,8H,2-3,6-7H2,1H3,(H,18,21)/p+1. The fourth-order valence-corrected chi connectivity index (χ4v) is 2.86. The lowest BCUT2D eigenvalue weighted by atomic mass is 10.1. The van der Waals surface area contributed by atoms with Crippen LogP contribution in [0.4, 0.5) is 0 Å². The third-order valence-electron chi connectivity index (χ3n) is 3.84. The lowest BCUT2D eigenvalue weighted by Gasteiger charge is -2.19. The first-order chi connectivity index (χ1) is 10.9. The Morgan fingerprint density at radius 1 is 1.22 bits per heavy atom. The molecule has 1 unspecified atom stereocenters. The molecule has 122 valence electrons. The van der Waals surface area contributed by atoms with Crippen LogP contribution in [0.1, 0.15) is 33.6 Å². The van der Waals surface area contributed by atoms with E-state index >= 15 is 0 Å². The number of nitrogens with zero attached hydrogens (tertiary/aromatic N) is 1. The molecule has 1 aromatic rings. The predicted octanol–water partition coefficient (Wildman–Crippen LogP) is 0.340. The fourth-order valence-electron chi connectivity index (χ4n) is 2.53. The van der Waals surface area contributed by atoms with Crippen molar-refractivity contribution in [2.75, 3.05) is 20.3 Å². The monoisotopic (exact) mass is 356 g/mol. The highest BCUT2D eigenvalue weighted by molar-refractivity contribution is 6.43. The van der Waals surface area contributed by atoms with Crippen LogP contribution < -0.4 is 10.2 Å². The van der Waals surface area contributed by atoms with Crippen LogP contribution in [0.3, 0.4) is 0 Å². The van der Waals surface area contributed by atoms with Crippen LogP contribution >= 0.6 is 23.2 Å². The molecule has 0 spiro atoms. The van der Waals surface area contributed by atoms with Crippen molar-refractivity contribution in [1.29, 1.82) is 0 Å². The van der Waals surface area contributed by atoms with Crippen molar-refractivity contribution >= 4 is 40.9 Å². The van der Waals surface area contributed by atoms with Crippen LogP contribution in [-0.4, -0.2) is 48.9 Å². The summed E-state index contributed by atoms with van der Waals surface area (Å²) in [5, 5.41) is 3.35. The molecule has 1 aliphatic heterocycles. The summed E-state index contributed by atoms with van der Waals surface area (Å²) in [5.41, 5.74) is 0.499. The number of likely N-dealkylation sites (N-methyl/N-ethyl adjacent to an activating group) is 1. The largest absolute Gasteiger partial charge is 0.348 e. The van der Waals surface area contributed by atoms with E-state index in [0.717, 1.165) is 22.6 Å². The van der Waals surface area contributed by atoms with Crippen molar-refractivity contribution in [2.24, 2.45) is 0 Å². The Labute approximate surface area is 143 Å². The third kappa shape index (κ3) is 3.34. The van der Waals surface area contributed by atoms with Gasteiger partial charge in [-0.1, -0.05) is 23.2 Å². The highest BCUT2D eigenvalue weighted by Crippen LogP contribution is 2.31. The molecule has 0 aromatic heterocycles. The lowest BCUT2D eigenvalue weighted by Crippen LogP contribution is -3.12. The number of rotatable bonds is 5. The summed E-state index contributed by atoms with van der Waals surface area (Å²) in [4.78, 5) is 38.4. The molecule has 1 heterocycles. The predicted molar refractivity (Wildman–Crippen MR) is 84.7 cm³/mol. The summed E-state index contributed by atoms with van der Waals surface area (Å²) in [6.45, 7) is 0.311. The van der Waals surface area contributed by atoms with Gasteiger partial charge in [0.15, 0.2) is 13.2 Å². The smallest absolute Gasteiger partial charge is 0.275 e. The topological polar surface area (TPSA) is 70.9 Å². The number of fused-ring (bicyclic) bond motifs is 1. The zero-order valence-corrected chi connectivity index (χ0v) is 14.0. The second kappa shape index (κ2) is 6.11. The number of nitrogens with one attached hydrogen (secondary N) is 2. The molecule has 1 aliphatic carbocycles. The summed E-state index contributed by atoms with van der Waals surface area (Å²) in [6.07, 6.45) is 2.04. The second-order valence-electron chi connectivity index (χ2n) is 5.98. The number of hydrogen-bond acceptors (Lipinski definition) is 3. The number of carbonyl (C=O) groups is 3. The maximum absolute atomic E-state index is 12.4. The van der Waals surface area contributed by atoms with Crippen LogP contribution in [-0.2, 0) is 4.79 Å². The normalized spacial score (nSPS) is 18.1. The van der Waals surface area contributed by atoms with E-state index in [0.29, 0.717) is 6.04 Å². The van der Waals surface area contributed by atoms with E-state index in [1.807, 2.05) is 0 Å². The van der Waals surface area contributed by atoms with Crippen molar-refractivity contribution in [3.8, 4) is 0 Å². The van der Waals surface area contributed by atoms with Gasteiger partial charge >= 0.3 is 0 Å². The number of benzene rings is 1. The molecule has 8 heteroatoms. The van der Waals surface area contributed by atoms with Crippen molar-refractivity contribution < 1.29 is 19.3 Å². The molecule has 1 atom stereocenters. The summed E-state index contributed by atoms with van der Waals surface area (Å²) in [7, 11) is 1.76. The van der Waals surface area contributed by atoms with Crippen molar-refractivity contribution in [3.63, 3.8) is 0 Å². The van der Waals surface area contributed by atoms with Crippen molar-refractivity contribution in [3.05, 3.63) is 33.3 Å². The summed E-state index contributed by atoms with van der Waals surface area (Å²) < 4.78 is 0. The number of halogens is 2. The molecule has 23 heavy (non-hydrogen) atoms. The summed E-state index contributed by atoms with van der Waals surface area (Å²) >= 11 is 11.8. The molecule has 0 bridgehead atoms. The van der Waals surface area contributed by atoms with Crippen molar-refractivity contribution in [1.82, 2.24) is 10.2 Å². The Bertz CT molecular complexity index is 662. The van der Waals surface area contributed by atoms with Crippen LogP contribution in [0.25, 0.3) is 0 Å². The minimum absolute atomic E-state index is 0.0762. The van der Waals surface area contributed by atoms with Gasteiger partial charge in [-0.05, 0) is 25.0 Å². The maximum Gasteiger partial charge on any atom is 0.275 e. The molecule has 2 N–H and O–H groups in total. The van der Waals surface area contributed by atoms with Crippen LogP contribution in [0.2, 0.25) is 10.0 Å². The molecule has 1 fully saturated rings. The van der Waals surface area contributed by atoms with E-state index < -0.39 is 11.8 Å². The Kier molecular flexibility index (Phi) is 4.31. The summed E-state index contributed by atoms with van der Waals surface area (Å²) in [6, 6.07) is 3.11. The highest BCUT2D eigenvalue weighted by atomic mass is 35.5. The minimum Gasteiger partial charge on any atom is -0.348 e. The molecule has 2 aliphatic rings. The number of quaternary nitrogens is 1. The molecule has 1 saturated carbocycles. The molecule has 3 rings (SSSR count). The maximum atomic E-state index is 12.4. The molecule has 0 radical (unpaired) electrons. The molecular weight excluding hydrogens is 341 g/mol. The Balaban J connectivity index is 1.68. The minimum atomic E-state index is -0.412. The fraction of sp³-hybridized carbons (Fsp3) is 0.400. The van der Waals surface area contributed by atoms with E-state index in [-0.39, 0.29) is 40.3 Å². The first-order valence-electron chi connectivity index (χ1n) is 7.32. The molecule has 0 saturated heterocycles. The van der Waals surface area contributed by atoms with E-state index in [1.54, 1.807) is 7.05 Å². The third-order valence-corrected chi connectivity index (χ3v) is 4.57. The summed E-state index contributed by atoms with van der Waals surface area (Å²) in [5.74, 6) is -0.899. The first-order valence-corrected chi connectivity index (χ1v) is 8.08. The Hall–Kier alpha value is -1.63. The van der Waals surface area contributed by atoms with Gasteiger partial charge in [0, 0.05) is 6.04 Å². The van der Waals surface area contributed by atoms with Gasteiger partial charge in [0.25, 0.3) is 17.7 Å². The number of hydrogen-bond donors (Lipinski definition) is 2. The van der Waals surface area contributed by atoms with Gasteiger partial charge in [0.1, 0.15) is 0 Å². The van der Waals surface area contributed by atoms with Gasteiger partial charge in [-0.25, -0.2) is 4.90 Å². The van der Waals surface area contributed by atoms with E-state index in [4.69, 9.17) is 23.2 Å². The molecule has 1 aromatic carbocycles. The van der Waals surface area contributed by atoms with Crippen LogP contribution in [0.5, 0.6) is 0 Å². The van der Waals surface area contributed by atoms with E-state index in [1.165, 1.54) is 12.1 Å².